The molecule has 0 saturated heterocycles. The number of rotatable bonds is 5. The molecule has 8 heteroatoms. The van der Waals surface area contributed by atoms with E-state index < -0.39 is 0 Å². The topological polar surface area (TPSA) is 79.8 Å². The van der Waals surface area contributed by atoms with Gasteiger partial charge in [-0.3, -0.25) is 5.32 Å². The van der Waals surface area contributed by atoms with Crippen LogP contribution in [-0.4, -0.2) is 21.2 Å². The van der Waals surface area contributed by atoms with Crippen LogP contribution in [0.4, 0.5) is 9.93 Å². The number of anilines is 1. The van der Waals surface area contributed by atoms with Gasteiger partial charge in [0, 0.05) is 17.5 Å². The van der Waals surface area contributed by atoms with Crippen LogP contribution in [0.15, 0.2) is 11.6 Å². The second-order valence-corrected chi connectivity index (χ2v) is 7.44. The number of carbonyl (C=O) groups excluding carboxylic acids is 1. The van der Waals surface area contributed by atoms with Crippen LogP contribution in [0, 0.1) is 5.92 Å². The number of amides is 2. The first-order valence-corrected chi connectivity index (χ1v) is 8.79. The van der Waals surface area contributed by atoms with Gasteiger partial charge in [0.1, 0.15) is 10.0 Å². The molecule has 2 N–H and O–H groups in total. The van der Waals surface area contributed by atoms with Crippen molar-refractivity contribution in [3.05, 3.63) is 21.6 Å². The van der Waals surface area contributed by atoms with Gasteiger partial charge in [-0.25, -0.2) is 9.78 Å². The zero-order chi connectivity index (χ0) is 14.2. The fourth-order valence-electron chi connectivity index (χ4n) is 2.25. The number of aromatic nitrogens is 3. The van der Waals surface area contributed by atoms with Crippen molar-refractivity contribution in [1.82, 2.24) is 20.5 Å². The lowest BCUT2D eigenvalue weighted by Crippen LogP contribution is -2.33. The normalized spacial score (nSPS) is 19.2. The molecular formula is C13H15N5OS2. The molecule has 2 fully saturated rings. The van der Waals surface area contributed by atoms with Gasteiger partial charge in [0.05, 0.1) is 6.04 Å². The molecule has 2 amide bonds. The Hall–Kier alpha value is -1.54. The third kappa shape index (κ3) is 3.06. The lowest BCUT2D eigenvalue weighted by atomic mass is 10.2. The molecule has 0 bridgehead atoms. The van der Waals surface area contributed by atoms with Gasteiger partial charge >= 0.3 is 6.03 Å². The van der Waals surface area contributed by atoms with E-state index in [4.69, 9.17) is 0 Å². The van der Waals surface area contributed by atoms with Crippen molar-refractivity contribution in [3.8, 4) is 0 Å². The molecule has 0 aromatic carbocycles. The summed E-state index contributed by atoms with van der Waals surface area (Å²) in [5.74, 6) is 1.08. The van der Waals surface area contributed by atoms with E-state index in [0.717, 1.165) is 22.9 Å². The summed E-state index contributed by atoms with van der Waals surface area (Å²) in [7, 11) is 0. The van der Waals surface area contributed by atoms with Crippen LogP contribution in [0.5, 0.6) is 0 Å². The van der Waals surface area contributed by atoms with Crippen molar-refractivity contribution in [2.24, 2.45) is 5.92 Å². The maximum atomic E-state index is 12.1. The Morgan fingerprint density at radius 1 is 1.29 bits per heavy atom. The molecule has 110 valence electrons. The van der Waals surface area contributed by atoms with Crippen molar-refractivity contribution in [2.45, 2.75) is 37.6 Å². The molecular weight excluding hydrogens is 306 g/mol. The van der Waals surface area contributed by atoms with Crippen LogP contribution in [0.3, 0.4) is 0 Å². The van der Waals surface area contributed by atoms with Crippen LogP contribution in [0.2, 0.25) is 0 Å². The number of thiazole rings is 1. The molecule has 0 spiro atoms. The van der Waals surface area contributed by atoms with Crippen molar-refractivity contribution in [2.75, 3.05) is 5.32 Å². The van der Waals surface area contributed by atoms with E-state index in [1.54, 1.807) is 17.5 Å². The molecule has 2 saturated carbocycles. The first-order chi connectivity index (χ1) is 10.3. The van der Waals surface area contributed by atoms with Crippen LogP contribution < -0.4 is 10.6 Å². The highest BCUT2D eigenvalue weighted by atomic mass is 32.1. The largest absolute Gasteiger partial charge is 0.328 e. The highest BCUT2D eigenvalue weighted by Gasteiger charge is 2.35. The SMILES string of the molecule is O=C(Nc1nnc(C2CC2)s1)N[C@@H](c1nccs1)C1CC1. The number of nitrogens with one attached hydrogen (secondary N) is 2. The van der Waals surface area contributed by atoms with E-state index in [1.165, 1.54) is 24.2 Å². The van der Waals surface area contributed by atoms with Crippen LogP contribution >= 0.6 is 22.7 Å². The third-order valence-electron chi connectivity index (χ3n) is 3.69. The van der Waals surface area contributed by atoms with Gasteiger partial charge in [-0.2, -0.15) is 0 Å². The maximum absolute atomic E-state index is 12.1. The van der Waals surface area contributed by atoms with Crippen molar-refractivity contribution >= 4 is 33.8 Å². The molecule has 2 aliphatic carbocycles. The first-order valence-electron chi connectivity index (χ1n) is 7.10. The van der Waals surface area contributed by atoms with E-state index in [1.807, 2.05) is 5.38 Å². The Labute approximate surface area is 130 Å². The average Bonchev–Trinajstić information content (AvgIpc) is 3.39. The first kappa shape index (κ1) is 13.1. The molecule has 4 rings (SSSR count). The molecule has 1 atom stereocenters. The second-order valence-electron chi connectivity index (χ2n) is 5.50. The highest BCUT2D eigenvalue weighted by molar-refractivity contribution is 7.15. The summed E-state index contributed by atoms with van der Waals surface area (Å²) < 4.78 is 0. The van der Waals surface area contributed by atoms with E-state index >= 15 is 0 Å². The van der Waals surface area contributed by atoms with Gasteiger partial charge in [-0.05, 0) is 31.6 Å². The third-order valence-corrected chi connectivity index (χ3v) is 5.54. The Morgan fingerprint density at radius 2 is 2.14 bits per heavy atom. The maximum Gasteiger partial charge on any atom is 0.321 e. The van der Waals surface area contributed by atoms with Crippen molar-refractivity contribution in [1.29, 1.82) is 0 Å². The predicted molar refractivity (Wildman–Crippen MR) is 81.6 cm³/mol. The fourth-order valence-corrected chi connectivity index (χ4v) is 3.94. The summed E-state index contributed by atoms with van der Waals surface area (Å²) in [4.78, 5) is 16.5. The second kappa shape index (κ2) is 5.34. The summed E-state index contributed by atoms with van der Waals surface area (Å²) in [6, 6.07) is -0.207. The number of hydrogen-bond donors (Lipinski definition) is 2. The lowest BCUT2D eigenvalue weighted by Gasteiger charge is -2.15. The van der Waals surface area contributed by atoms with Crippen molar-refractivity contribution < 1.29 is 4.79 Å². The smallest absolute Gasteiger partial charge is 0.321 e. The van der Waals surface area contributed by atoms with Crippen LogP contribution in [0.1, 0.15) is 47.7 Å². The number of nitrogens with zero attached hydrogens (tertiary/aromatic N) is 3. The Bertz CT molecular complexity index is 633. The van der Waals surface area contributed by atoms with Crippen LogP contribution in [-0.2, 0) is 0 Å². The highest BCUT2D eigenvalue weighted by Crippen LogP contribution is 2.43. The standard InChI is InChI=1S/C13H15N5OS2/c19-12(16-13-18-17-10(21-13)8-3-4-8)15-9(7-1-2-7)11-14-5-6-20-11/h5-9H,1-4H2,(H2,15,16,18,19)/t9-/m1/s1. The summed E-state index contributed by atoms with van der Waals surface area (Å²) in [5.41, 5.74) is 0. The van der Waals surface area contributed by atoms with Crippen molar-refractivity contribution in [3.63, 3.8) is 0 Å². The quantitative estimate of drug-likeness (QED) is 0.886. The lowest BCUT2D eigenvalue weighted by molar-refractivity contribution is 0.247. The van der Waals surface area contributed by atoms with E-state index in [0.29, 0.717) is 17.0 Å². The Morgan fingerprint density at radius 3 is 2.81 bits per heavy atom. The van der Waals surface area contributed by atoms with Gasteiger partial charge in [0.15, 0.2) is 0 Å². The number of hydrogen-bond acceptors (Lipinski definition) is 6. The monoisotopic (exact) mass is 321 g/mol. The number of urea groups is 1. The molecule has 0 unspecified atom stereocenters. The average molecular weight is 321 g/mol. The molecule has 6 nitrogen and oxygen atoms in total. The summed E-state index contributed by atoms with van der Waals surface area (Å²) >= 11 is 3.06. The Balaban J connectivity index is 1.39. The molecule has 2 aromatic heterocycles. The van der Waals surface area contributed by atoms with E-state index in [2.05, 4.69) is 25.8 Å². The predicted octanol–water partition coefficient (Wildman–Crippen LogP) is 3.14. The van der Waals surface area contributed by atoms with Gasteiger partial charge in [-0.15, -0.1) is 21.5 Å². The van der Waals surface area contributed by atoms with Gasteiger partial charge in [-0.1, -0.05) is 11.3 Å². The zero-order valence-electron chi connectivity index (χ0n) is 11.3. The van der Waals surface area contributed by atoms with Gasteiger partial charge in [0.25, 0.3) is 0 Å². The van der Waals surface area contributed by atoms with Gasteiger partial charge < -0.3 is 5.32 Å². The molecule has 0 aliphatic heterocycles. The minimum Gasteiger partial charge on any atom is -0.328 e. The Kier molecular flexibility index (Phi) is 3.34. The minimum atomic E-state index is -0.222. The summed E-state index contributed by atoms with van der Waals surface area (Å²) in [6.07, 6.45) is 6.45. The zero-order valence-corrected chi connectivity index (χ0v) is 12.9. The van der Waals surface area contributed by atoms with E-state index in [-0.39, 0.29) is 12.1 Å². The summed E-state index contributed by atoms with van der Waals surface area (Å²) in [5, 5.41) is 18.5. The van der Waals surface area contributed by atoms with Crippen LogP contribution in [0.25, 0.3) is 0 Å². The molecule has 2 heterocycles. The summed E-state index contributed by atoms with van der Waals surface area (Å²) in [6.45, 7) is 0. The molecule has 2 aromatic rings. The fraction of sp³-hybridized carbons (Fsp3) is 0.538. The minimum absolute atomic E-state index is 0.0147. The van der Waals surface area contributed by atoms with E-state index in [9.17, 15) is 4.79 Å². The van der Waals surface area contributed by atoms with Gasteiger partial charge in [0.2, 0.25) is 5.13 Å². The molecule has 2 aliphatic rings. The molecule has 21 heavy (non-hydrogen) atoms. The molecule has 0 radical (unpaired) electrons. The number of carbonyl (C=O) groups is 1.